The van der Waals surface area contributed by atoms with Gasteiger partial charge in [-0.1, -0.05) is 38.2 Å². The van der Waals surface area contributed by atoms with Gasteiger partial charge in [0.15, 0.2) is 0 Å². The fourth-order valence-corrected chi connectivity index (χ4v) is 3.53. The molecule has 0 aromatic heterocycles. The van der Waals surface area contributed by atoms with Crippen LogP contribution in [-0.2, 0) is 17.9 Å². The Hall–Kier alpha value is -1.51. The molecule has 0 atom stereocenters. The maximum absolute atomic E-state index is 12.7. The minimum absolute atomic E-state index is 0.252. The average molecular weight is 272 g/mol. The predicted octanol–water partition coefficient (Wildman–Crippen LogP) is 3.47. The Morgan fingerprint density at radius 1 is 1.00 bits per heavy atom. The molecule has 2 aliphatic rings. The van der Waals surface area contributed by atoms with Gasteiger partial charge in [0, 0.05) is 24.7 Å². The first-order chi connectivity index (χ1) is 9.74. The lowest BCUT2D eigenvalue weighted by Gasteiger charge is -2.24. The van der Waals surface area contributed by atoms with E-state index in [1.54, 1.807) is 0 Å². The van der Waals surface area contributed by atoms with E-state index in [1.165, 1.54) is 43.2 Å². The van der Waals surface area contributed by atoms with Crippen molar-refractivity contribution in [2.75, 3.05) is 5.73 Å². The van der Waals surface area contributed by atoms with E-state index in [9.17, 15) is 4.79 Å². The van der Waals surface area contributed by atoms with E-state index in [2.05, 4.69) is 6.07 Å². The van der Waals surface area contributed by atoms with Crippen LogP contribution in [0.25, 0.3) is 0 Å². The normalized spacial score (nSPS) is 20.3. The number of nitrogens with two attached hydrogens (primary N) is 1. The van der Waals surface area contributed by atoms with Crippen LogP contribution >= 0.6 is 0 Å². The van der Waals surface area contributed by atoms with Crippen molar-refractivity contribution in [1.82, 2.24) is 4.90 Å². The highest BCUT2D eigenvalue weighted by Crippen LogP contribution is 2.29. The Morgan fingerprint density at radius 2 is 1.65 bits per heavy atom. The van der Waals surface area contributed by atoms with Crippen LogP contribution in [0, 0.1) is 5.92 Å². The third-order valence-corrected chi connectivity index (χ3v) is 4.72. The summed E-state index contributed by atoms with van der Waals surface area (Å²) >= 11 is 0. The molecule has 3 nitrogen and oxygen atoms in total. The number of rotatable bonds is 1. The number of amides is 1. The minimum atomic E-state index is 0.252. The van der Waals surface area contributed by atoms with Gasteiger partial charge in [-0.2, -0.15) is 0 Å². The van der Waals surface area contributed by atoms with Crippen LogP contribution in [0.15, 0.2) is 18.2 Å². The van der Waals surface area contributed by atoms with Crippen molar-refractivity contribution < 1.29 is 4.79 Å². The summed E-state index contributed by atoms with van der Waals surface area (Å²) in [6.45, 7) is 1.51. The summed E-state index contributed by atoms with van der Waals surface area (Å²) in [5.74, 6) is 0.614. The number of carbonyl (C=O) groups excluding carboxylic acids is 1. The van der Waals surface area contributed by atoms with Crippen LogP contribution < -0.4 is 5.73 Å². The molecule has 1 fully saturated rings. The third kappa shape index (κ3) is 2.82. The molecule has 1 amide bonds. The first-order valence-corrected chi connectivity index (χ1v) is 7.90. The Kier molecular flexibility index (Phi) is 3.95. The highest BCUT2D eigenvalue weighted by Gasteiger charge is 2.29. The molecule has 2 N–H and O–H groups in total. The first kappa shape index (κ1) is 13.5. The second-order valence-electron chi connectivity index (χ2n) is 6.26. The molecule has 0 saturated heterocycles. The van der Waals surface area contributed by atoms with Gasteiger partial charge < -0.3 is 10.6 Å². The van der Waals surface area contributed by atoms with Crippen LogP contribution in [-0.4, -0.2) is 10.8 Å². The summed E-state index contributed by atoms with van der Waals surface area (Å²) in [5, 5.41) is 0. The van der Waals surface area contributed by atoms with Gasteiger partial charge in [-0.3, -0.25) is 4.79 Å². The van der Waals surface area contributed by atoms with Crippen molar-refractivity contribution in [3.8, 4) is 0 Å². The number of benzene rings is 1. The van der Waals surface area contributed by atoms with E-state index in [4.69, 9.17) is 5.73 Å². The van der Waals surface area contributed by atoms with E-state index in [-0.39, 0.29) is 5.92 Å². The molecule has 108 valence electrons. The van der Waals surface area contributed by atoms with Crippen molar-refractivity contribution in [2.24, 2.45) is 5.92 Å². The standard InChI is InChI=1S/C17H24N2O/c18-16-9-8-14-11-19(12-15(14)10-16)17(20)13-6-4-2-1-3-5-7-13/h8-10,13H,1-7,11-12,18H2. The number of nitrogens with zero attached hydrogens (tertiary/aromatic N) is 1. The fourth-order valence-electron chi connectivity index (χ4n) is 3.53. The number of carbonyl (C=O) groups is 1. The Balaban J connectivity index is 1.66. The van der Waals surface area contributed by atoms with Crippen LogP contribution in [0.5, 0.6) is 0 Å². The molecule has 0 bridgehead atoms. The van der Waals surface area contributed by atoms with Crippen LogP contribution in [0.2, 0.25) is 0 Å². The molecule has 0 unspecified atom stereocenters. The summed E-state index contributed by atoms with van der Waals surface area (Å²) in [4.78, 5) is 14.7. The summed E-state index contributed by atoms with van der Waals surface area (Å²) in [6.07, 6.45) is 8.51. The zero-order chi connectivity index (χ0) is 13.9. The average Bonchev–Trinajstić information content (AvgIpc) is 2.80. The second kappa shape index (κ2) is 5.86. The zero-order valence-corrected chi connectivity index (χ0v) is 12.1. The second-order valence-corrected chi connectivity index (χ2v) is 6.26. The lowest BCUT2D eigenvalue weighted by Crippen LogP contribution is -2.32. The molecule has 1 aliphatic heterocycles. The van der Waals surface area contributed by atoms with E-state index < -0.39 is 0 Å². The number of fused-ring (bicyclic) bond motifs is 1. The summed E-state index contributed by atoms with van der Waals surface area (Å²) in [7, 11) is 0. The summed E-state index contributed by atoms with van der Waals surface area (Å²) in [5.41, 5.74) is 9.11. The fraction of sp³-hybridized carbons (Fsp3) is 0.588. The number of hydrogen-bond donors (Lipinski definition) is 1. The molecule has 20 heavy (non-hydrogen) atoms. The van der Waals surface area contributed by atoms with Crippen molar-refractivity contribution >= 4 is 11.6 Å². The summed E-state index contributed by atoms with van der Waals surface area (Å²) in [6, 6.07) is 6.01. The molecule has 0 radical (unpaired) electrons. The number of hydrogen-bond acceptors (Lipinski definition) is 2. The lowest BCUT2D eigenvalue weighted by atomic mass is 9.90. The highest BCUT2D eigenvalue weighted by atomic mass is 16.2. The summed E-state index contributed by atoms with van der Waals surface area (Å²) < 4.78 is 0. The minimum Gasteiger partial charge on any atom is -0.399 e. The molecule has 0 spiro atoms. The van der Waals surface area contributed by atoms with Crippen LogP contribution in [0.1, 0.15) is 56.1 Å². The lowest BCUT2D eigenvalue weighted by molar-refractivity contribution is -0.136. The smallest absolute Gasteiger partial charge is 0.226 e. The van der Waals surface area contributed by atoms with Gasteiger partial charge in [0.25, 0.3) is 0 Å². The van der Waals surface area contributed by atoms with Crippen molar-refractivity contribution in [1.29, 1.82) is 0 Å². The van der Waals surface area contributed by atoms with E-state index in [1.807, 2.05) is 17.0 Å². The molecular formula is C17H24N2O. The topological polar surface area (TPSA) is 46.3 Å². The van der Waals surface area contributed by atoms with E-state index >= 15 is 0 Å². The molecule has 1 aromatic rings. The molecule has 1 saturated carbocycles. The molecule has 3 heteroatoms. The van der Waals surface area contributed by atoms with Gasteiger partial charge in [-0.25, -0.2) is 0 Å². The maximum atomic E-state index is 12.7. The number of nitrogen functional groups attached to an aromatic ring is 1. The zero-order valence-electron chi connectivity index (χ0n) is 12.1. The SMILES string of the molecule is Nc1ccc2c(c1)CN(C(=O)C1CCCCCCC1)C2. The molecule has 3 rings (SSSR count). The quantitative estimate of drug-likeness (QED) is 0.796. The monoisotopic (exact) mass is 272 g/mol. The van der Waals surface area contributed by atoms with Crippen molar-refractivity contribution in [2.45, 2.75) is 58.0 Å². The Bertz CT molecular complexity index is 490. The van der Waals surface area contributed by atoms with Crippen molar-refractivity contribution in [3.63, 3.8) is 0 Å². The molecule has 1 aliphatic carbocycles. The predicted molar refractivity (Wildman–Crippen MR) is 80.9 cm³/mol. The molecule has 1 heterocycles. The van der Waals surface area contributed by atoms with Gasteiger partial charge in [-0.15, -0.1) is 0 Å². The van der Waals surface area contributed by atoms with Gasteiger partial charge in [0.05, 0.1) is 0 Å². The van der Waals surface area contributed by atoms with Crippen molar-refractivity contribution in [3.05, 3.63) is 29.3 Å². The first-order valence-electron chi connectivity index (χ1n) is 7.90. The third-order valence-electron chi connectivity index (χ3n) is 4.72. The van der Waals surface area contributed by atoms with E-state index in [0.717, 1.165) is 31.6 Å². The number of anilines is 1. The van der Waals surface area contributed by atoms with E-state index in [0.29, 0.717) is 5.91 Å². The van der Waals surface area contributed by atoms with Gasteiger partial charge in [0.1, 0.15) is 0 Å². The molecular weight excluding hydrogens is 248 g/mol. The molecule has 1 aromatic carbocycles. The Morgan fingerprint density at radius 3 is 2.40 bits per heavy atom. The highest BCUT2D eigenvalue weighted by molar-refractivity contribution is 5.79. The van der Waals surface area contributed by atoms with Gasteiger partial charge in [-0.05, 0) is 36.1 Å². The van der Waals surface area contributed by atoms with Crippen LogP contribution in [0.4, 0.5) is 5.69 Å². The largest absolute Gasteiger partial charge is 0.399 e. The Labute approximate surface area is 121 Å². The maximum Gasteiger partial charge on any atom is 0.226 e. The van der Waals surface area contributed by atoms with Gasteiger partial charge in [0.2, 0.25) is 5.91 Å². The van der Waals surface area contributed by atoms with Gasteiger partial charge >= 0.3 is 0 Å². The van der Waals surface area contributed by atoms with Crippen LogP contribution in [0.3, 0.4) is 0 Å².